The number of rotatable bonds is 5. The molecule has 0 heterocycles. The molecule has 0 aliphatic rings. The van der Waals surface area contributed by atoms with Gasteiger partial charge in [0.2, 0.25) is 0 Å². The number of hydrogen-bond acceptors (Lipinski definition) is 5. The van der Waals surface area contributed by atoms with Crippen molar-refractivity contribution < 1.29 is 22.7 Å². The van der Waals surface area contributed by atoms with Crippen LogP contribution in [-0.4, -0.2) is 28.6 Å². The number of methoxy groups -OCH3 is 2. The number of aryl methyl sites for hydroxylation is 1. The minimum atomic E-state index is -3.91. The molecule has 0 radical (unpaired) electrons. The molecule has 0 fully saturated rings. The summed E-state index contributed by atoms with van der Waals surface area (Å²) in [4.78, 5) is 11.6. The molecule has 1 N–H and O–H groups in total. The van der Waals surface area contributed by atoms with Crippen LogP contribution in [0.2, 0.25) is 0 Å². The van der Waals surface area contributed by atoms with Crippen LogP contribution in [0.5, 0.6) is 5.75 Å². The average Bonchev–Trinajstić information content (AvgIpc) is 2.56. The largest absolute Gasteiger partial charge is 0.495 e. The van der Waals surface area contributed by atoms with Crippen LogP contribution in [0, 0.1) is 6.92 Å². The summed E-state index contributed by atoms with van der Waals surface area (Å²) in [7, 11) is -1.25. The summed E-state index contributed by atoms with van der Waals surface area (Å²) in [6, 6.07) is 9.32. The first-order chi connectivity index (χ1) is 11.3. The van der Waals surface area contributed by atoms with Crippen LogP contribution in [0.15, 0.2) is 45.8 Å². The second kappa shape index (κ2) is 7.23. The van der Waals surface area contributed by atoms with Crippen molar-refractivity contribution in [2.75, 3.05) is 18.9 Å². The molecule has 0 spiro atoms. The lowest BCUT2D eigenvalue weighted by Crippen LogP contribution is -2.15. The lowest BCUT2D eigenvalue weighted by atomic mass is 10.1. The summed E-state index contributed by atoms with van der Waals surface area (Å²) in [5.74, 6) is -0.331. The van der Waals surface area contributed by atoms with Crippen molar-refractivity contribution in [3.05, 3.63) is 52.0 Å². The van der Waals surface area contributed by atoms with Gasteiger partial charge in [-0.1, -0.05) is 22.0 Å². The lowest BCUT2D eigenvalue weighted by Gasteiger charge is -2.14. The summed E-state index contributed by atoms with van der Waals surface area (Å²) >= 11 is 3.25. The first kappa shape index (κ1) is 18.3. The van der Waals surface area contributed by atoms with Crippen molar-refractivity contribution in [2.45, 2.75) is 11.8 Å². The summed E-state index contributed by atoms with van der Waals surface area (Å²) in [5.41, 5.74) is 1.21. The average molecular weight is 414 g/mol. The van der Waals surface area contributed by atoms with Gasteiger partial charge in [-0.15, -0.1) is 0 Å². The van der Waals surface area contributed by atoms with Crippen LogP contribution < -0.4 is 9.46 Å². The molecular formula is C16H16BrNO5S. The maximum Gasteiger partial charge on any atom is 0.337 e. The number of halogens is 1. The predicted octanol–water partition coefficient (Wildman–Crippen LogP) is 3.35. The minimum absolute atomic E-state index is 0.0118. The molecule has 0 atom stereocenters. The van der Waals surface area contributed by atoms with E-state index in [0.717, 1.165) is 0 Å². The number of benzene rings is 2. The summed E-state index contributed by atoms with van der Waals surface area (Å²) in [5, 5.41) is 0. The number of esters is 1. The molecule has 0 aliphatic carbocycles. The van der Waals surface area contributed by atoms with Crippen LogP contribution >= 0.6 is 15.9 Å². The number of ether oxygens (including phenoxy) is 2. The van der Waals surface area contributed by atoms with E-state index >= 15 is 0 Å². The van der Waals surface area contributed by atoms with E-state index in [1.54, 1.807) is 31.2 Å². The Kier molecular flexibility index (Phi) is 5.51. The Bertz CT molecular complexity index is 880. The summed E-state index contributed by atoms with van der Waals surface area (Å²) in [6.07, 6.45) is 0. The number of hydrogen-bond donors (Lipinski definition) is 1. The van der Waals surface area contributed by atoms with Crippen LogP contribution in [0.1, 0.15) is 15.9 Å². The van der Waals surface area contributed by atoms with E-state index < -0.39 is 16.0 Å². The van der Waals surface area contributed by atoms with Crippen molar-refractivity contribution in [2.24, 2.45) is 0 Å². The number of nitrogens with one attached hydrogen (secondary N) is 1. The normalized spacial score (nSPS) is 11.0. The Hall–Kier alpha value is -2.06. The fourth-order valence-electron chi connectivity index (χ4n) is 2.04. The molecule has 0 aromatic heterocycles. The van der Waals surface area contributed by atoms with Crippen molar-refractivity contribution in [3.63, 3.8) is 0 Å². The van der Waals surface area contributed by atoms with Gasteiger partial charge in [0.05, 0.1) is 25.5 Å². The fraction of sp³-hybridized carbons (Fsp3) is 0.188. The van der Waals surface area contributed by atoms with Crippen molar-refractivity contribution in [1.82, 2.24) is 0 Å². The quantitative estimate of drug-likeness (QED) is 0.759. The van der Waals surface area contributed by atoms with E-state index in [2.05, 4.69) is 25.4 Å². The van der Waals surface area contributed by atoms with Gasteiger partial charge < -0.3 is 9.47 Å². The van der Waals surface area contributed by atoms with Crippen LogP contribution in [0.25, 0.3) is 0 Å². The molecule has 2 rings (SSSR count). The number of carbonyl (C=O) groups excluding carboxylic acids is 1. The van der Waals surface area contributed by atoms with Gasteiger partial charge in [-0.05, 0) is 42.8 Å². The van der Waals surface area contributed by atoms with Crippen molar-refractivity contribution >= 4 is 37.6 Å². The van der Waals surface area contributed by atoms with E-state index in [0.29, 0.717) is 15.7 Å². The second-order valence-corrected chi connectivity index (χ2v) is 7.49. The molecule has 0 saturated carbocycles. The SMILES string of the molecule is COC(=O)c1ccc(C)c(NS(=O)(=O)c2cc(Br)ccc2OC)c1. The fourth-order valence-corrected chi connectivity index (χ4v) is 3.87. The number of anilines is 1. The predicted molar refractivity (Wildman–Crippen MR) is 94.0 cm³/mol. The summed E-state index contributed by atoms with van der Waals surface area (Å²) < 4.78 is 38.3. The van der Waals surface area contributed by atoms with Gasteiger partial charge in [-0.2, -0.15) is 0 Å². The van der Waals surface area contributed by atoms with Gasteiger partial charge in [0, 0.05) is 4.47 Å². The summed E-state index contributed by atoms with van der Waals surface area (Å²) in [6.45, 7) is 1.73. The molecule has 2 aromatic rings. The number of carbonyl (C=O) groups is 1. The third-order valence-electron chi connectivity index (χ3n) is 3.32. The maximum atomic E-state index is 12.7. The van der Waals surface area contributed by atoms with E-state index in [9.17, 15) is 13.2 Å². The minimum Gasteiger partial charge on any atom is -0.495 e. The molecule has 128 valence electrons. The smallest absolute Gasteiger partial charge is 0.337 e. The van der Waals surface area contributed by atoms with Gasteiger partial charge in [0.1, 0.15) is 10.6 Å². The van der Waals surface area contributed by atoms with Crippen LogP contribution in [0.4, 0.5) is 5.69 Å². The Balaban J connectivity index is 2.47. The monoisotopic (exact) mass is 413 g/mol. The van der Waals surface area contributed by atoms with Crippen LogP contribution in [0.3, 0.4) is 0 Å². The van der Waals surface area contributed by atoms with E-state index in [1.165, 1.54) is 26.4 Å². The highest BCUT2D eigenvalue weighted by atomic mass is 79.9. The lowest BCUT2D eigenvalue weighted by molar-refractivity contribution is 0.0601. The molecule has 24 heavy (non-hydrogen) atoms. The zero-order valence-electron chi connectivity index (χ0n) is 13.3. The molecule has 0 bridgehead atoms. The van der Waals surface area contributed by atoms with Gasteiger partial charge in [0.15, 0.2) is 0 Å². The van der Waals surface area contributed by atoms with Crippen molar-refractivity contribution in [1.29, 1.82) is 0 Å². The third kappa shape index (κ3) is 3.88. The highest BCUT2D eigenvalue weighted by Gasteiger charge is 2.21. The van der Waals surface area contributed by atoms with Crippen molar-refractivity contribution in [3.8, 4) is 5.75 Å². The molecule has 0 saturated heterocycles. The second-order valence-electron chi connectivity index (χ2n) is 4.92. The van der Waals surface area contributed by atoms with Gasteiger partial charge in [0.25, 0.3) is 10.0 Å². The molecule has 0 amide bonds. The molecule has 8 heteroatoms. The first-order valence-electron chi connectivity index (χ1n) is 6.84. The zero-order valence-corrected chi connectivity index (χ0v) is 15.7. The van der Waals surface area contributed by atoms with Gasteiger partial charge >= 0.3 is 5.97 Å². The molecule has 6 nitrogen and oxygen atoms in total. The van der Waals surface area contributed by atoms with Crippen LogP contribution in [-0.2, 0) is 14.8 Å². The highest BCUT2D eigenvalue weighted by molar-refractivity contribution is 9.10. The first-order valence-corrected chi connectivity index (χ1v) is 9.11. The molecule has 2 aromatic carbocycles. The highest BCUT2D eigenvalue weighted by Crippen LogP contribution is 2.30. The Morgan fingerprint density at radius 2 is 1.83 bits per heavy atom. The molecule has 0 aliphatic heterocycles. The molecule has 0 unspecified atom stereocenters. The van der Waals surface area contributed by atoms with E-state index in [4.69, 9.17) is 4.74 Å². The Morgan fingerprint density at radius 1 is 1.12 bits per heavy atom. The standard InChI is InChI=1S/C16H16BrNO5S/c1-10-4-5-11(16(19)23-3)8-13(10)18-24(20,21)15-9-12(17)6-7-14(15)22-2/h4-9,18H,1-3H3. The van der Waals surface area contributed by atoms with Gasteiger partial charge in [-0.3, -0.25) is 4.72 Å². The zero-order chi connectivity index (χ0) is 17.9. The third-order valence-corrected chi connectivity index (χ3v) is 5.20. The molecular weight excluding hydrogens is 398 g/mol. The van der Waals surface area contributed by atoms with E-state index in [-0.39, 0.29) is 16.2 Å². The number of sulfonamides is 1. The Morgan fingerprint density at radius 3 is 2.46 bits per heavy atom. The van der Waals surface area contributed by atoms with E-state index in [1.807, 2.05) is 0 Å². The topological polar surface area (TPSA) is 81.7 Å². The Labute approximate surface area is 149 Å². The maximum absolute atomic E-state index is 12.7. The van der Waals surface area contributed by atoms with Gasteiger partial charge in [-0.25, -0.2) is 13.2 Å².